The third-order valence-electron chi connectivity index (χ3n) is 6.03. The number of nitrogens with zero attached hydrogens (tertiary/aromatic N) is 1. The van der Waals surface area contributed by atoms with Crippen molar-refractivity contribution in [1.29, 1.82) is 5.41 Å². The van der Waals surface area contributed by atoms with Crippen molar-refractivity contribution in [2.75, 3.05) is 7.05 Å². The van der Waals surface area contributed by atoms with Crippen LogP contribution in [0, 0.1) is 23.2 Å². The summed E-state index contributed by atoms with van der Waals surface area (Å²) in [4.78, 5) is 14.1. The van der Waals surface area contributed by atoms with E-state index in [0.29, 0.717) is 5.92 Å². The molecule has 0 spiro atoms. The molecule has 0 bridgehead atoms. The second-order valence-corrected chi connectivity index (χ2v) is 7.80. The first-order valence-corrected chi connectivity index (χ1v) is 9.69. The Morgan fingerprint density at radius 2 is 1.57 bits per heavy atom. The minimum Gasteiger partial charge on any atom is -0.370 e. The molecule has 2 aliphatic carbocycles. The first-order valence-electron chi connectivity index (χ1n) is 9.69. The largest absolute Gasteiger partial charge is 0.370 e. The first-order chi connectivity index (χ1) is 11.1. The molecule has 2 saturated carbocycles. The number of amides is 1. The smallest absolute Gasteiger partial charge is 0.232 e. The highest BCUT2D eigenvalue weighted by Gasteiger charge is 2.28. The van der Waals surface area contributed by atoms with Crippen LogP contribution >= 0.6 is 0 Å². The normalized spacial score (nSPS) is 21.8. The average molecular weight is 322 g/mol. The van der Waals surface area contributed by atoms with E-state index in [1.807, 2.05) is 0 Å². The average Bonchev–Trinajstić information content (AvgIpc) is 2.59. The van der Waals surface area contributed by atoms with E-state index in [1.54, 1.807) is 7.05 Å². The van der Waals surface area contributed by atoms with Crippen molar-refractivity contribution < 1.29 is 4.79 Å². The second-order valence-electron chi connectivity index (χ2n) is 7.80. The molecule has 2 aliphatic rings. The van der Waals surface area contributed by atoms with Gasteiger partial charge in [0.2, 0.25) is 5.91 Å². The Morgan fingerprint density at radius 3 is 2.09 bits per heavy atom. The molecule has 0 heterocycles. The van der Waals surface area contributed by atoms with Gasteiger partial charge in [-0.15, -0.1) is 0 Å². The van der Waals surface area contributed by atoms with Crippen molar-refractivity contribution in [1.82, 2.24) is 4.90 Å². The van der Waals surface area contributed by atoms with Gasteiger partial charge in [-0.1, -0.05) is 64.2 Å². The molecule has 0 radical (unpaired) electrons. The third-order valence-corrected chi connectivity index (χ3v) is 6.03. The Bertz CT molecular complexity index is 384. The zero-order chi connectivity index (χ0) is 16.7. The van der Waals surface area contributed by atoms with E-state index in [4.69, 9.17) is 11.1 Å². The lowest BCUT2D eigenvalue weighted by molar-refractivity contribution is -0.131. The van der Waals surface area contributed by atoms with Gasteiger partial charge in [0.25, 0.3) is 0 Å². The van der Waals surface area contributed by atoms with Gasteiger partial charge in [0.1, 0.15) is 0 Å². The van der Waals surface area contributed by atoms with Gasteiger partial charge in [0.15, 0.2) is 5.96 Å². The van der Waals surface area contributed by atoms with Crippen LogP contribution in [0.5, 0.6) is 0 Å². The molecule has 1 atom stereocenters. The van der Waals surface area contributed by atoms with E-state index in [0.717, 1.165) is 18.8 Å². The predicted molar refractivity (Wildman–Crippen MR) is 95.2 cm³/mol. The van der Waals surface area contributed by atoms with E-state index >= 15 is 0 Å². The van der Waals surface area contributed by atoms with E-state index in [9.17, 15) is 4.79 Å². The Hall–Kier alpha value is -1.06. The van der Waals surface area contributed by atoms with E-state index in [1.165, 1.54) is 75.5 Å². The maximum Gasteiger partial charge on any atom is 0.232 e. The van der Waals surface area contributed by atoms with Crippen LogP contribution in [-0.2, 0) is 4.79 Å². The molecule has 0 aromatic heterocycles. The number of nitrogens with two attached hydrogens (primary N) is 1. The summed E-state index contributed by atoms with van der Waals surface area (Å²) in [5.74, 6) is 1.52. The maximum absolute atomic E-state index is 12.7. The summed E-state index contributed by atoms with van der Waals surface area (Å²) in [5, 5.41) is 7.55. The number of hydrogen-bond donors (Lipinski definition) is 2. The monoisotopic (exact) mass is 321 g/mol. The summed E-state index contributed by atoms with van der Waals surface area (Å²) in [7, 11) is 1.65. The van der Waals surface area contributed by atoms with Crippen LogP contribution in [0.2, 0.25) is 0 Å². The molecule has 4 heteroatoms. The Morgan fingerprint density at radius 1 is 1.04 bits per heavy atom. The van der Waals surface area contributed by atoms with E-state index < -0.39 is 0 Å². The molecule has 0 aromatic carbocycles. The molecule has 2 fully saturated rings. The van der Waals surface area contributed by atoms with Crippen LogP contribution < -0.4 is 5.73 Å². The van der Waals surface area contributed by atoms with Crippen molar-refractivity contribution in [3.63, 3.8) is 0 Å². The van der Waals surface area contributed by atoms with Crippen LogP contribution in [0.15, 0.2) is 0 Å². The molecule has 23 heavy (non-hydrogen) atoms. The van der Waals surface area contributed by atoms with Crippen LogP contribution in [0.4, 0.5) is 0 Å². The fourth-order valence-corrected chi connectivity index (χ4v) is 4.47. The van der Waals surface area contributed by atoms with Gasteiger partial charge in [-0.05, 0) is 31.1 Å². The summed E-state index contributed by atoms with van der Waals surface area (Å²) in [6.45, 7) is 0. The van der Waals surface area contributed by atoms with Crippen LogP contribution in [0.3, 0.4) is 0 Å². The standard InChI is InChI=1S/C19H35N3O/c1-22(19(20)21)18(23)17(14-16-10-6-3-7-11-16)13-12-15-8-4-2-5-9-15/h15-17H,2-14H2,1H3,(H3,20,21)/t17-/m0/s1. The number of guanidine groups is 1. The summed E-state index contributed by atoms with van der Waals surface area (Å²) in [5.41, 5.74) is 5.54. The number of carbonyl (C=O) groups is 1. The highest BCUT2D eigenvalue weighted by Crippen LogP contribution is 2.34. The SMILES string of the molecule is CN(C(=N)N)C(=O)[C@@H](CCC1CCCCC1)CC1CCCCC1. The van der Waals surface area contributed by atoms with E-state index in [2.05, 4.69) is 0 Å². The summed E-state index contributed by atoms with van der Waals surface area (Å²) in [6.07, 6.45) is 16.5. The maximum atomic E-state index is 12.7. The fraction of sp³-hybridized carbons (Fsp3) is 0.895. The second kappa shape index (κ2) is 9.29. The molecule has 1 amide bonds. The zero-order valence-electron chi connectivity index (χ0n) is 14.9. The lowest BCUT2D eigenvalue weighted by Crippen LogP contribution is -2.42. The van der Waals surface area contributed by atoms with Gasteiger partial charge in [-0.2, -0.15) is 0 Å². The molecule has 0 saturated heterocycles. The van der Waals surface area contributed by atoms with Crippen molar-refractivity contribution in [3.8, 4) is 0 Å². The molecule has 0 aromatic rings. The molecule has 2 rings (SSSR count). The number of rotatable bonds is 6. The predicted octanol–water partition coefficient (Wildman–Crippen LogP) is 4.29. The highest BCUT2D eigenvalue weighted by atomic mass is 16.2. The van der Waals surface area contributed by atoms with Gasteiger partial charge in [0.05, 0.1) is 0 Å². The van der Waals surface area contributed by atoms with Gasteiger partial charge in [-0.25, -0.2) is 0 Å². The van der Waals surface area contributed by atoms with Crippen molar-refractivity contribution in [2.24, 2.45) is 23.5 Å². The van der Waals surface area contributed by atoms with Gasteiger partial charge in [0, 0.05) is 13.0 Å². The summed E-state index contributed by atoms with van der Waals surface area (Å²) < 4.78 is 0. The first kappa shape index (κ1) is 18.3. The molecule has 4 nitrogen and oxygen atoms in total. The highest BCUT2D eigenvalue weighted by molar-refractivity contribution is 5.95. The van der Waals surface area contributed by atoms with Crippen LogP contribution in [0.1, 0.15) is 83.5 Å². The lowest BCUT2D eigenvalue weighted by atomic mass is 9.78. The molecule has 0 unspecified atom stereocenters. The van der Waals surface area contributed by atoms with Gasteiger partial charge in [-0.3, -0.25) is 15.1 Å². The number of carbonyl (C=O) groups excluding carboxylic acids is 1. The summed E-state index contributed by atoms with van der Waals surface area (Å²) >= 11 is 0. The summed E-state index contributed by atoms with van der Waals surface area (Å²) in [6, 6.07) is 0. The zero-order valence-corrected chi connectivity index (χ0v) is 14.9. The van der Waals surface area contributed by atoms with Crippen molar-refractivity contribution >= 4 is 11.9 Å². The molecule has 0 aliphatic heterocycles. The molecular weight excluding hydrogens is 286 g/mol. The Balaban J connectivity index is 1.91. The van der Waals surface area contributed by atoms with Gasteiger partial charge < -0.3 is 5.73 Å². The van der Waals surface area contributed by atoms with Crippen LogP contribution in [0.25, 0.3) is 0 Å². The topological polar surface area (TPSA) is 70.2 Å². The number of nitrogens with one attached hydrogen (secondary N) is 1. The van der Waals surface area contributed by atoms with Crippen LogP contribution in [-0.4, -0.2) is 23.8 Å². The Labute approximate surface area is 141 Å². The van der Waals surface area contributed by atoms with Crippen molar-refractivity contribution in [3.05, 3.63) is 0 Å². The Kier molecular flexibility index (Phi) is 7.38. The third kappa shape index (κ3) is 5.82. The molecular formula is C19H35N3O. The lowest BCUT2D eigenvalue weighted by Gasteiger charge is -2.30. The van der Waals surface area contributed by atoms with Gasteiger partial charge >= 0.3 is 0 Å². The van der Waals surface area contributed by atoms with Crippen molar-refractivity contribution in [2.45, 2.75) is 83.5 Å². The van der Waals surface area contributed by atoms with E-state index in [-0.39, 0.29) is 17.8 Å². The molecule has 132 valence electrons. The fourth-order valence-electron chi connectivity index (χ4n) is 4.47. The minimum absolute atomic E-state index is 0.0638. The molecule has 3 N–H and O–H groups in total. The number of hydrogen-bond acceptors (Lipinski definition) is 2. The quantitative estimate of drug-likeness (QED) is 0.566. The minimum atomic E-state index is -0.124.